The van der Waals surface area contributed by atoms with Gasteiger partial charge >= 0.3 is 0 Å². The van der Waals surface area contributed by atoms with E-state index >= 15 is 0 Å². The number of hydrogen-bond acceptors (Lipinski definition) is 2. The fourth-order valence-corrected chi connectivity index (χ4v) is 0.0680. The highest BCUT2D eigenvalue weighted by atomic mass is 16.5. The Balaban J connectivity index is 0. The van der Waals surface area contributed by atoms with E-state index in [2.05, 4.69) is 29.2 Å². The predicted molar refractivity (Wildman–Crippen MR) is 43.3 cm³/mol. The molecule has 0 fully saturated rings. The molecule has 0 saturated heterocycles. The largest absolute Gasteiger partial charge is 0.502 e. The molecule has 0 radical (unpaired) electrons. The van der Waals surface area contributed by atoms with E-state index in [0.29, 0.717) is 0 Å². The van der Waals surface area contributed by atoms with Crippen molar-refractivity contribution in [3.63, 3.8) is 0 Å². The third-order valence-corrected chi connectivity index (χ3v) is 0.541. The maximum absolute atomic E-state index is 4.56. The van der Waals surface area contributed by atoms with E-state index in [0.717, 1.165) is 5.76 Å². The van der Waals surface area contributed by atoms with Crippen molar-refractivity contribution in [3.05, 3.63) is 38.0 Å². The second-order valence-electron chi connectivity index (χ2n) is 1.38. The molecule has 0 bridgehead atoms. The lowest BCUT2D eigenvalue weighted by atomic mass is 10.7. The van der Waals surface area contributed by atoms with Gasteiger partial charge in [0.15, 0.2) is 0 Å². The molecule has 0 atom stereocenters. The number of ether oxygens (including phenoxy) is 2. The summed E-state index contributed by atoms with van der Waals surface area (Å²) in [5, 5.41) is 0. The van der Waals surface area contributed by atoms with Crippen LogP contribution in [0.15, 0.2) is 38.0 Å². The summed E-state index contributed by atoms with van der Waals surface area (Å²) >= 11 is 0. The summed E-state index contributed by atoms with van der Waals surface area (Å²) in [6, 6.07) is 0. The van der Waals surface area contributed by atoms with Crippen LogP contribution in [-0.2, 0) is 9.47 Å². The first-order chi connectivity index (χ1) is 4.68. The van der Waals surface area contributed by atoms with Crippen molar-refractivity contribution < 1.29 is 9.47 Å². The molecule has 0 unspecified atom stereocenters. The standard InChI is InChI=1S/C4H8O.C4H6O/c1-4(2)5-3;1-3-5-4-2/h1H2,2-3H3;3-4H,1-2H2. The smallest absolute Gasteiger partial charge is 0.0853 e. The molecule has 2 heteroatoms. The van der Waals surface area contributed by atoms with Gasteiger partial charge in [-0.1, -0.05) is 19.7 Å². The average Bonchev–Trinajstić information content (AvgIpc) is 1.91. The van der Waals surface area contributed by atoms with Crippen molar-refractivity contribution in [2.45, 2.75) is 6.92 Å². The van der Waals surface area contributed by atoms with Gasteiger partial charge in [0.25, 0.3) is 0 Å². The molecule has 2 nitrogen and oxygen atoms in total. The lowest BCUT2D eigenvalue weighted by Crippen LogP contribution is -1.70. The summed E-state index contributed by atoms with van der Waals surface area (Å²) in [5.74, 6) is 0.755. The predicted octanol–water partition coefficient (Wildman–Crippen LogP) is 2.46. The lowest BCUT2D eigenvalue weighted by Gasteiger charge is -1.88. The molecule has 0 saturated carbocycles. The second kappa shape index (κ2) is 10.7. The minimum absolute atomic E-state index is 0.755. The summed E-state index contributed by atoms with van der Waals surface area (Å²) in [7, 11) is 1.60. The number of hydrogen-bond donors (Lipinski definition) is 0. The van der Waals surface area contributed by atoms with E-state index in [9.17, 15) is 0 Å². The van der Waals surface area contributed by atoms with Crippen molar-refractivity contribution in [3.8, 4) is 0 Å². The SMILES string of the molecule is C=C(C)OC.C=COC=C. The zero-order valence-corrected chi connectivity index (χ0v) is 6.59. The number of methoxy groups -OCH3 is 1. The Bertz CT molecular complexity index is 99.8. The van der Waals surface area contributed by atoms with Gasteiger partial charge < -0.3 is 9.47 Å². The Labute approximate surface area is 62.5 Å². The molecular weight excluding hydrogens is 128 g/mol. The maximum Gasteiger partial charge on any atom is 0.0853 e. The summed E-state index contributed by atoms with van der Waals surface area (Å²) in [5.41, 5.74) is 0. The van der Waals surface area contributed by atoms with Gasteiger partial charge in [-0.3, -0.25) is 0 Å². The van der Waals surface area contributed by atoms with Gasteiger partial charge in [-0.25, -0.2) is 0 Å². The molecule has 0 heterocycles. The highest BCUT2D eigenvalue weighted by Gasteiger charge is 1.65. The van der Waals surface area contributed by atoms with Crippen molar-refractivity contribution in [2.75, 3.05) is 7.11 Å². The molecule has 0 aromatic rings. The monoisotopic (exact) mass is 142 g/mol. The van der Waals surface area contributed by atoms with E-state index in [1.165, 1.54) is 12.5 Å². The van der Waals surface area contributed by atoms with Crippen molar-refractivity contribution in [1.29, 1.82) is 0 Å². The van der Waals surface area contributed by atoms with Crippen LogP contribution in [0.3, 0.4) is 0 Å². The van der Waals surface area contributed by atoms with E-state index in [1.807, 2.05) is 0 Å². The summed E-state index contributed by atoms with van der Waals surface area (Å²) in [6.45, 7) is 11.8. The average molecular weight is 142 g/mol. The second-order valence-corrected chi connectivity index (χ2v) is 1.38. The first kappa shape index (κ1) is 11.6. The molecule has 0 N–H and O–H groups in total. The molecule has 10 heavy (non-hydrogen) atoms. The van der Waals surface area contributed by atoms with Crippen LogP contribution in [0.25, 0.3) is 0 Å². The molecule has 0 amide bonds. The molecule has 0 rings (SSSR count). The topological polar surface area (TPSA) is 18.5 Å². The van der Waals surface area contributed by atoms with Gasteiger partial charge in [-0.15, -0.1) is 0 Å². The van der Waals surface area contributed by atoms with Gasteiger partial charge in [0.05, 0.1) is 25.4 Å². The number of rotatable bonds is 3. The van der Waals surface area contributed by atoms with E-state index in [1.54, 1.807) is 14.0 Å². The first-order valence-corrected chi connectivity index (χ1v) is 2.75. The molecule has 0 aliphatic carbocycles. The van der Waals surface area contributed by atoms with Gasteiger partial charge in [-0.2, -0.15) is 0 Å². The van der Waals surface area contributed by atoms with E-state index < -0.39 is 0 Å². The van der Waals surface area contributed by atoms with Crippen molar-refractivity contribution >= 4 is 0 Å². The minimum Gasteiger partial charge on any atom is -0.502 e. The fourth-order valence-electron chi connectivity index (χ4n) is 0.0680. The normalized spacial score (nSPS) is 6.20. The highest BCUT2D eigenvalue weighted by molar-refractivity contribution is 4.71. The summed E-state index contributed by atoms with van der Waals surface area (Å²) < 4.78 is 8.92. The third-order valence-electron chi connectivity index (χ3n) is 0.541. The molecule has 0 spiro atoms. The Kier molecular flexibility index (Phi) is 12.5. The van der Waals surface area contributed by atoms with Crippen LogP contribution in [-0.4, -0.2) is 7.11 Å². The number of allylic oxidation sites excluding steroid dienone is 1. The first-order valence-electron chi connectivity index (χ1n) is 2.75. The van der Waals surface area contributed by atoms with Crippen LogP contribution >= 0.6 is 0 Å². The maximum atomic E-state index is 4.56. The van der Waals surface area contributed by atoms with Crippen LogP contribution < -0.4 is 0 Å². The van der Waals surface area contributed by atoms with Gasteiger partial charge in [0, 0.05) is 0 Å². The molecule has 58 valence electrons. The zero-order valence-electron chi connectivity index (χ0n) is 6.59. The highest BCUT2D eigenvalue weighted by Crippen LogP contribution is 1.80. The van der Waals surface area contributed by atoms with Crippen LogP contribution in [0.1, 0.15) is 6.92 Å². The van der Waals surface area contributed by atoms with Crippen LogP contribution in [0.2, 0.25) is 0 Å². The summed E-state index contributed by atoms with van der Waals surface area (Å²) in [4.78, 5) is 0. The Morgan fingerprint density at radius 1 is 1.30 bits per heavy atom. The zero-order chi connectivity index (χ0) is 8.41. The van der Waals surface area contributed by atoms with Crippen LogP contribution in [0, 0.1) is 0 Å². The van der Waals surface area contributed by atoms with Gasteiger partial charge in [0.2, 0.25) is 0 Å². The molecule has 0 aliphatic heterocycles. The van der Waals surface area contributed by atoms with Crippen LogP contribution in [0.4, 0.5) is 0 Å². The van der Waals surface area contributed by atoms with Gasteiger partial charge in [-0.05, 0) is 6.92 Å². The van der Waals surface area contributed by atoms with E-state index in [-0.39, 0.29) is 0 Å². The fraction of sp³-hybridized carbons (Fsp3) is 0.250. The third kappa shape index (κ3) is 29.0. The van der Waals surface area contributed by atoms with Crippen molar-refractivity contribution in [1.82, 2.24) is 0 Å². The molecular formula is C8H14O2. The Morgan fingerprint density at radius 3 is 1.60 bits per heavy atom. The van der Waals surface area contributed by atoms with E-state index in [4.69, 9.17) is 0 Å². The van der Waals surface area contributed by atoms with Crippen LogP contribution in [0.5, 0.6) is 0 Å². The molecule has 0 aromatic carbocycles. The minimum atomic E-state index is 0.755. The Morgan fingerprint density at radius 2 is 1.60 bits per heavy atom. The summed E-state index contributed by atoms with van der Waals surface area (Å²) in [6.07, 6.45) is 2.62. The Hall–Kier alpha value is -1.18. The lowest BCUT2D eigenvalue weighted by molar-refractivity contribution is 0.295. The van der Waals surface area contributed by atoms with Crippen molar-refractivity contribution in [2.24, 2.45) is 0 Å². The molecule has 0 aliphatic rings. The molecule has 0 aromatic heterocycles. The van der Waals surface area contributed by atoms with Gasteiger partial charge in [0.1, 0.15) is 0 Å². The quantitative estimate of drug-likeness (QED) is 0.563.